The van der Waals surface area contributed by atoms with Crippen molar-refractivity contribution in [3.05, 3.63) is 44.0 Å². The van der Waals surface area contributed by atoms with Gasteiger partial charge in [-0.25, -0.2) is 9.48 Å². The molecular weight excluding hydrogens is 463 g/mol. The average molecular weight is 492 g/mol. The van der Waals surface area contributed by atoms with Gasteiger partial charge in [-0.15, -0.1) is 11.3 Å². The van der Waals surface area contributed by atoms with Crippen LogP contribution in [0.5, 0.6) is 0 Å². The SMILES string of the molecule is COC(=O)c1ccc(CC(C)Nc2cnn(COCC[Si](C)(C)C)c(=O)c2C(F)(F)F)s1. The number of thiophene rings is 1. The van der Waals surface area contributed by atoms with Crippen LogP contribution in [-0.4, -0.2) is 43.6 Å². The molecule has 7 nitrogen and oxygen atoms in total. The zero-order valence-electron chi connectivity index (χ0n) is 18.7. The van der Waals surface area contributed by atoms with E-state index in [9.17, 15) is 22.8 Å². The van der Waals surface area contributed by atoms with Gasteiger partial charge in [0, 0.05) is 32.0 Å². The largest absolute Gasteiger partial charge is 0.465 e. The molecule has 0 aliphatic heterocycles. The number of alkyl halides is 3. The minimum absolute atomic E-state index is 0.340. The number of rotatable bonds is 10. The molecule has 0 aliphatic rings. The summed E-state index contributed by atoms with van der Waals surface area (Å²) in [6.07, 6.45) is -3.51. The Labute approximate surface area is 189 Å². The molecule has 1 atom stereocenters. The third-order valence-corrected chi connectivity index (χ3v) is 7.29. The van der Waals surface area contributed by atoms with Gasteiger partial charge in [0.2, 0.25) is 0 Å². The lowest BCUT2D eigenvalue weighted by atomic mass is 10.1. The van der Waals surface area contributed by atoms with E-state index < -0.39 is 43.1 Å². The Morgan fingerprint density at radius 2 is 2.00 bits per heavy atom. The van der Waals surface area contributed by atoms with Crippen molar-refractivity contribution in [1.29, 1.82) is 0 Å². The molecule has 2 aromatic heterocycles. The second-order valence-corrected chi connectivity index (χ2v) is 15.4. The third kappa shape index (κ3) is 7.45. The summed E-state index contributed by atoms with van der Waals surface area (Å²) in [4.78, 5) is 25.3. The maximum absolute atomic E-state index is 13.7. The highest BCUT2D eigenvalue weighted by atomic mass is 32.1. The molecule has 0 saturated carbocycles. The number of nitrogens with zero attached hydrogens (tertiary/aromatic N) is 2. The topological polar surface area (TPSA) is 82.4 Å². The summed E-state index contributed by atoms with van der Waals surface area (Å²) < 4.78 is 51.8. The van der Waals surface area contributed by atoms with Crippen LogP contribution in [0.15, 0.2) is 23.1 Å². The summed E-state index contributed by atoms with van der Waals surface area (Å²) in [6, 6.07) is 3.69. The highest BCUT2D eigenvalue weighted by molar-refractivity contribution is 7.13. The van der Waals surface area contributed by atoms with Crippen molar-refractivity contribution in [1.82, 2.24) is 9.78 Å². The van der Waals surface area contributed by atoms with E-state index >= 15 is 0 Å². The summed E-state index contributed by atoms with van der Waals surface area (Å²) in [5.41, 5.74) is -2.96. The molecule has 1 unspecified atom stereocenters. The number of esters is 1. The number of ether oxygens (including phenoxy) is 2. The van der Waals surface area contributed by atoms with Gasteiger partial charge >= 0.3 is 12.1 Å². The number of anilines is 1. The van der Waals surface area contributed by atoms with Crippen LogP contribution in [0.25, 0.3) is 0 Å². The number of carbonyl (C=O) groups is 1. The molecule has 1 N–H and O–H groups in total. The van der Waals surface area contributed by atoms with Crippen molar-refractivity contribution in [3.63, 3.8) is 0 Å². The highest BCUT2D eigenvalue weighted by Crippen LogP contribution is 2.32. The smallest absolute Gasteiger partial charge is 0.423 e. The van der Waals surface area contributed by atoms with Gasteiger partial charge in [0.1, 0.15) is 17.2 Å². The summed E-state index contributed by atoms with van der Waals surface area (Å²) in [5.74, 6) is -0.471. The van der Waals surface area contributed by atoms with Gasteiger partial charge < -0.3 is 14.8 Å². The van der Waals surface area contributed by atoms with E-state index in [1.807, 2.05) is 0 Å². The fraction of sp³-hybridized carbons (Fsp3) is 0.550. The number of hydrogen-bond donors (Lipinski definition) is 1. The first kappa shape index (κ1) is 26.1. The van der Waals surface area contributed by atoms with Crippen molar-refractivity contribution in [3.8, 4) is 0 Å². The average Bonchev–Trinajstić information content (AvgIpc) is 3.12. The van der Waals surface area contributed by atoms with Crippen molar-refractivity contribution < 1.29 is 27.4 Å². The summed E-state index contributed by atoms with van der Waals surface area (Å²) in [5, 5.41) is 6.59. The quantitative estimate of drug-likeness (QED) is 0.300. The molecule has 178 valence electrons. The lowest BCUT2D eigenvalue weighted by molar-refractivity contribution is -0.138. The van der Waals surface area contributed by atoms with Crippen molar-refractivity contribution in [2.45, 2.75) is 58.0 Å². The molecule has 32 heavy (non-hydrogen) atoms. The zero-order valence-corrected chi connectivity index (χ0v) is 20.5. The van der Waals surface area contributed by atoms with Crippen molar-refractivity contribution >= 4 is 31.1 Å². The van der Waals surface area contributed by atoms with E-state index in [2.05, 4.69) is 34.8 Å². The van der Waals surface area contributed by atoms with E-state index in [4.69, 9.17) is 4.74 Å². The molecule has 0 saturated heterocycles. The number of nitrogens with one attached hydrogen (secondary N) is 1. The maximum Gasteiger partial charge on any atom is 0.423 e. The van der Waals surface area contributed by atoms with E-state index in [1.54, 1.807) is 19.1 Å². The molecule has 0 spiro atoms. The highest BCUT2D eigenvalue weighted by Gasteiger charge is 2.38. The van der Waals surface area contributed by atoms with E-state index in [0.717, 1.165) is 17.1 Å². The van der Waals surface area contributed by atoms with Gasteiger partial charge in [0.15, 0.2) is 0 Å². The van der Waals surface area contributed by atoms with Crippen LogP contribution in [0.1, 0.15) is 27.0 Å². The predicted octanol–water partition coefficient (Wildman–Crippen LogP) is 4.47. The minimum atomic E-state index is -4.86. The Balaban J connectivity index is 2.15. The van der Waals surface area contributed by atoms with E-state index in [1.165, 1.54) is 18.4 Å². The number of halogens is 3. The number of methoxy groups -OCH3 is 1. The van der Waals surface area contributed by atoms with Crippen LogP contribution >= 0.6 is 11.3 Å². The Morgan fingerprint density at radius 1 is 1.31 bits per heavy atom. The minimum Gasteiger partial charge on any atom is -0.465 e. The number of aromatic nitrogens is 2. The molecule has 0 aromatic carbocycles. The van der Waals surface area contributed by atoms with Gasteiger partial charge in [-0.05, 0) is 25.1 Å². The molecule has 0 fully saturated rings. The van der Waals surface area contributed by atoms with Gasteiger partial charge in [0.25, 0.3) is 5.56 Å². The summed E-state index contributed by atoms with van der Waals surface area (Å²) in [6.45, 7) is 8.15. The Kier molecular flexibility index (Phi) is 8.65. The zero-order chi connectivity index (χ0) is 24.1. The molecule has 2 aromatic rings. The number of carbonyl (C=O) groups excluding carboxylic acids is 1. The molecule has 0 amide bonds. The second-order valence-electron chi connectivity index (χ2n) is 8.59. The lowest BCUT2D eigenvalue weighted by Crippen LogP contribution is -2.34. The van der Waals surface area contributed by atoms with Crippen LogP contribution < -0.4 is 10.9 Å². The molecule has 0 bridgehead atoms. The molecule has 2 heterocycles. The Hall–Kier alpha value is -2.18. The molecule has 12 heteroatoms. The molecule has 0 aliphatic carbocycles. The fourth-order valence-electron chi connectivity index (χ4n) is 2.81. The first-order chi connectivity index (χ1) is 14.8. The predicted molar refractivity (Wildman–Crippen MR) is 120 cm³/mol. The number of hydrogen-bond acceptors (Lipinski definition) is 7. The monoisotopic (exact) mass is 491 g/mol. The molecular formula is C20H28F3N3O4SSi. The molecule has 0 radical (unpaired) electrons. The first-order valence-corrected chi connectivity index (χ1v) is 14.5. The summed E-state index contributed by atoms with van der Waals surface area (Å²) >= 11 is 1.20. The van der Waals surface area contributed by atoms with Crippen LogP contribution in [0.3, 0.4) is 0 Å². The summed E-state index contributed by atoms with van der Waals surface area (Å²) in [7, 11) is -0.0893. The van der Waals surface area contributed by atoms with E-state index in [0.29, 0.717) is 22.6 Å². The van der Waals surface area contributed by atoms with Gasteiger partial charge in [-0.3, -0.25) is 4.79 Å². The third-order valence-electron chi connectivity index (χ3n) is 4.49. The van der Waals surface area contributed by atoms with Crippen LogP contribution in [0.4, 0.5) is 18.9 Å². The van der Waals surface area contributed by atoms with Crippen LogP contribution in [0, 0.1) is 0 Å². The maximum atomic E-state index is 13.7. The van der Waals surface area contributed by atoms with Crippen molar-refractivity contribution in [2.24, 2.45) is 0 Å². The molecule has 2 rings (SSSR count). The lowest BCUT2D eigenvalue weighted by Gasteiger charge is -2.19. The normalized spacial score (nSPS) is 13.1. The van der Waals surface area contributed by atoms with Gasteiger partial charge in [-0.2, -0.15) is 18.3 Å². The first-order valence-electron chi connectivity index (χ1n) is 10.0. The van der Waals surface area contributed by atoms with Crippen molar-refractivity contribution in [2.75, 3.05) is 19.0 Å². The van der Waals surface area contributed by atoms with Crippen LogP contribution in [0.2, 0.25) is 25.7 Å². The Bertz CT molecular complexity index is 986. The van der Waals surface area contributed by atoms with Gasteiger partial charge in [-0.1, -0.05) is 19.6 Å². The van der Waals surface area contributed by atoms with Crippen LogP contribution in [-0.2, 0) is 28.8 Å². The Morgan fingerprint density at radius 3 is 2.59 bits per heavy atom. The second kappa shape index (κ2) is 10.6. The van der Waals surface area contributed by atoms with E-state index in [-0.39, 0.29) is 6.73 Å². The van der Waals surface area contributed by atoms with Gasteiger partial charge in [0.05, 0.1) is 19.0 Å². The fourth-order valence-corrected chi connectivity index (χ4v) is 4.62. The standard InChI is InChI=1S/C20H28F3N3O4SSi/c1-13(10-14-6-7-16(31-14)19(28)29-2)25-15-11-24-26(12-30-8-9-32(3,4)5)18(27)17(15)20(21,22)23/h6-7,11,13,25H,8-10,12H2,1-5H3.